The summed E-state index contributed by atoms with van der Waals surface area (Å²) in [7, 11) is 0. The number of amides is 2. The van der Waals surface area contributed by atoms with Crippen LogP contribution in [-0.4, -0.2) is 37.6 Å². The quantitative estimate of drug-likeness (QED) is 0.231. The van der Waals surface area contributed by atoms with Crippen molar-refractivity contribution >= 4 is 18.0 Å². The number of hydrogen-bond donors (Lipinski definition) is 2. The van der Waals surface area contributed by atoms with Crippen molar-refractivity contribution in [2.45, 2.75) is 32.2 Å². The molecule has 4 N–H and O–H groups in total. The number of rotatable bonds is 5. The molecule has 14 heteroatoms. The molecule has 2 rings (SSSR count). The molecule has 32 heavy (non-hydrogen) atoms. The summed E-state index contributed by atoms with van der Waals surface area (Å²) in [4.78, 5) is 27.6. The third-order valence-electron chi connectivity index (χ3n) is 4.20. The van der Waals surface area contributed by atoms with Gasteiger partial charge in [-0.05, 0) is 24.1 Å². The third-order valence-corrected chi connectivity index (χ3v) is 4.20. The summed E-state index contributed by atoms with van der Waals surface area (Å²) < 4.78 is 78.8. The second kappa shape index (κ2) is 9.08. The second-order valence-corrected chi connectivity index (χ2v) is 6.97. The summed E-state index contributed by atoms with van der Waals surface area (Å²) >= 11 is 0. The van der Waals surface area contributed by atoms with Crippen molar-refractivity contribution in [3.8, 4) is 11.4 Å². The molecule has 0 spiro atoms. The van der Waals surface area contributed by atoms with Gasteiger partial charge in [0, 0.05) is 17.8 Å². The van der Waals surface area contributed by atoms with E-state index in [0.29, 0.717) is 12.1 Å². The molecule has 0 aliphatic rings. The lowest BCUT2D eigenvalue weighted by Gasteiger charge is -2.20. The summed E-state index contributed by atoms with van der Waals surface area (Å²) in [5.41, 5.74) is 2.04. The van der Waals surface area contributed by atoms with E-state index in [1.165, 1.54) is 0 Å². The SMILES string of the molecule is CC(C)[C@H](N)C(=O)N(N)C(=O)/C=C\n1cnc(-c2cc(C(F)(F)F)cc(C(F)(F)F)c2)n1. The first-order chi connectivity index (χ1) is 14.6. The normalized spacial score (nSPS) is 13.6. The predicted octanol–water partition coefficient (Wildman–Crippen LogP) is 2.67. The molecule has 1 aromatic carbocycles. The number of aromatic nitrogens is 3. The highest BCUT2D eigenvalue weighted by atomic mass is 19.4. The van der Waals surface area contributed by atoms with Crippen molar-refractivity contribution in [1.29, 1.82) is 0 Å². The molecule has 0 saturated carbocycles. The molecule has 0 bridgehead atoms. The van der Waals surface area contributed by atoms with E-state index < -0.39 is 52.7 Å². The van der Waals surface area contributed by atoms with Crippen LogP contribution in [0.3, 0.4) is 0 Å². The van der Waals surface area contributed by atoms with Crippen LogP contribution in [0.4, 0.5) is 26.3 Å². The van der Waals surface area contributed by atoms with Crippen LogP contribution in [-0.2, 0) is 21.9 Å². The number of nitrogens with two attached hydrogens (primary N) is 2. The fourth-order valence-electron chi connectivity index (χ4n) is 2.34. The third kappa shape index (κ3) is 5.91. The Kier molecular flexibility index (Phi) is 7.09. The van der Waals surface area contributed by atoms with E-state index in [1.54, 1.807) is 13.8 Å². The summed E-state index contributed by atoms with van der Waals surface area (Å²) in [5.74, 6) is 2.83. The first-order valence-electron chi connectivity index (χ1n) is 8.88. The number of carbonyl (C=O) groups is 2. The molecule has 2 amide bonds. The van der Waals surface area contributed by atoms with Crippen LogP contribution in [0.15, 0.2) is 30.6 Å². The van der Waals surface area contributed by atoms with Crippen LogP contribution in [0.5, 0.6) is 0 Å². The number of alkyl halides is 6. The number of benzene rings is 1. The summed E-state index contributed by atoms with van der Waals surface area (Å²) in [6.07, 6.45) is -7.35. The van der Waals surface area contributed by atoms with Crippen LogP contribution in [0, 0.1) is 5.92 Å². The Labute approximate surface area is 177 Å². The maximum Gasteiger partial charge on any atom is 0.416 e. The average molecular weight is 464 g/mol. The van der Waals surface area contributed by atoms with Gasteiger partial charge in [0.25, 0.3) is 11.8 Å². The fourth-order valence-corrected chi connectivity index (χ4v) is 2.34. The predicted molar refractivity (Wildman–Crippen MR) is 99.6 cm³/mol. The molecule has 8 nitrogen and oxygen atoms in total. The number of carbonyl (C=O) groups excluding carboxylic acids is 2. The van der Waals surface area contributed by atoms with Crippen LogP contribution < -0.4 is 11.6 Å². The van der Waals surface area contributed by atoms with E-state index in [0.717, 1.165) is 23.3 Å². The molecule has 0 unspecified atom stereocenters. The van der Waals surface area contributed by atoms with Gasteiger partial charge in [-0.3, -0.25) is 9.59 Å². The second-order valence-electron chi connectivity index (χ2n) is 6.97. The van der Waals surface area contributed by atoms with Gasteiger partial charge in [0.05, 0.1) is 17.2 Å². The number of hydrazine groups is 1. The van der Waals surface area contributed by atoms with E-state index in [9.17, 15) is 35.9 Å². The van der Waals surface area contributed by atoms with E-state index in [2.05, 4.69) is 10.1 Å². The first kappa shape index (κ1) is 25.0. The van der Waals surface area contributed by atoms with Gasteiger partial charge >= 0.3 is 12.4 Å². The van der Waals surface area contributed by atoms with E-state index in [4.69, 9.17) is 11.6 Å². The van der Waals surface area contributed by atoms with E-state index >= 15 is 0 Å². The van der Waals surface area contributed by atoms with Gasteiger partial charge in [-0.25, -0.2) is 20.5 Å². The van der Waals surface area contributed by atoms with Gasteiger partial charge < -0.3 is 5.73 Å². The van der Waals surface area contributed by atoms with Gasteiger partial charge in [-0.15, -0.1) is 5.10 Å². The molecule has 0 fully saturated rings. The molecular formula is C18H18F6N6O2. The highest BCUT2D eigenvalue weighted by molar-refractivity contribution is 6.03. The van der Waals surface area contributed by atoms with Crippen molar-refractivity contribution in [2.75, 3.05) is 0 Å². The van der Waals surface area contributed by atoms with Crippen molar-refractivity contribution in [2.24, 2.45) is 17.5 Å². The van der Waals surface area contributed by atoms with Gasteiger partial charge in [0.2, 0.25) is 0 Å². The molecule has 1 heterocycles. The minimum Gasteiger partial charge on any atom is -0.320 e. The molecule has 1 atom stereocenters. The molecule has 0 radical (unpaired) electrons. The maximum atomic E-state index is 13.0. The Bertz CT molecular complexity index is 995. The molecule has 0 saturated heterocycles. The topological polar surface area (TPSA) is 120 Å². The van der Waals surface area contributed by atoms with Crippen LogP contribution >= 0.6 is 0 Å². The largest absolute Gasteiger partial charge is 0.416 e. The monoisotopic (exact) mass is 464 g/mol. The van der Waals surface area contributed by atoms with Crippen molar-refractivity contribution in [1.82, 2.24) is 19.8 Å². The Morgan fingerprint density at radius 2 is 1.59 bits per heavy atom. The number of hydrogen-bond acceptors (Lipinski definition) is 6. The lowest BCUT2D eigenvalue weighted by molar-refractivity contribution is -0.145. The van der Waals surface area contributed by atoms with Crippen molar-refractivity contribution < 1.29 is 35.9 Å². The Morgan fingerprint density at radius 3 is 2.06 bits per heavy atom. The van der Waals surface area contributed by atoms with Gasteiger partial charge in [-0.1, -0.05) is 13.8 Å². The summed E-state index contributed by atoms with van der Waals surface area (Å²) in [6, 6.07) is -0.109. The standard InChI is InChI=1S/C18H18F6N6O2/c1-9(2)14(25)16(32)30(26)13(31)3-4-29-8-27-15(28-29)10-5-11(17(19,20)21)7-12(6-10)18(22,23)24/h3-9,14H,25-26H2,1-2H3/b4-3-/t14-/m0/s1. The van der Waals surface area contributed by atoms with E-state index in [-0.39, 0.29) is 17.0 Å². The highest BCUT2D eigenvalue weighted by Crippen LogP contribution is 2.38. The van der Waals surface area contributed by atoms with E-state index in [1.807, 2.05) is 0 Å². The zero-order valence-corrected chi connectivity index (χ0v) is 16.6. The maximum absolute atomic E-state index is 13.0. The van der Waals surface area contributed by atoms with Gasteiger partial charge in [0.1, 0.15) is 6.33 Å². The van der Waals surface area contributed by atoms with Gasteiger partial charge in [0.15, 0.2) is 5.82 Å². The molecule has 1 aromatic heterocycles. The fraction of sp³-hybridized carbons (Fsp3) is 0.333. The van der Waals surface area contributed by atoms with Gasteiger partial charge in [-0.2, -0.15) is 26.3 Å². The van der Waals surface area contributed by atoms with Crippen LogP contribution in [0.1, 0.15) is 25.0 Å². The summed E-state index contributed by atoms with van der Waals surface area (Å²) in [6.45, 7) is 3.29. The molecule has 174 valence electrons. The average Bonchev–Trinajstić information content (AvgIpc) is 3.17. The number of imide groups is 1. The lowest BCUT2D eigenvalue weighted by atomic mass is 10.0. The smallest absolute Gasteiger partial charge is 0.320 e. The number of nitrogens with zero attached hydrogens (tertiary/aromatic N) is 4. The summed E-state index contributed by atoms with van der Waals surface area (Å²) in [5, 5.41) is 4.01. The zero-order valence-electron chi connectivity index (χ0n) is 16.6. The minimum atomic E-state index is -5.03. The van der Waals surface area contributed by atoms with Crippen LogP contribution in [0.2, 0.25) is 0 Å². The van der Waals surface area contributed by atoms with Crippen LogP contribution in [0.25, 0.3) is 17.6 Å². The zero-order chi connectivity index (χ0) is 24.4. The van der Waals surface area contributed by atoms with Crippen molar-refractivity contribution in [3.63, 3.8) is 0 Å². The first-order valence-corrected chi connectivity index (χ1v) is 8.88. The Balaban J connectivity index is 2.29. The van der Waals surface area contributed by atoms with Crippen molar-refractivity contribution in [3.05, 3.63) is 41.7 Å². The molecule has 2 aromatic rings. The minimum absolute atomic E-state index is 0.0201. The molecular weight excluding hydrogens is 446 g/mol. The highest BCUT2D eigenvalue weighted by Gasteiger charge is 2.37. The Hall–Kier alpha value is -3.26. The lowest BCUT2D eigenvalue weighted by Crippen LogP contribution is -2.52. The molecule has 0 aliphatic carbocycles. The Morgan fingerprint density at radius 1 is 1.06 bits per heavy atom. The number of halogens is 6. The molecule has 0 aliphatic heterocycles.